The molecule has 2 aromatic carbocycles. The average Bonchev–Trinajstić information content (AvgIpc) is 3.00. The van der Waals surface area contributed by atoms with E-state index in [1.165, 1.54) is 25.3 Å². The maximum absolute atomic E-state index is 12.3. The van der Waals surface area contributed by atoms with Crippen LogP contribution in [0.2, 0.25) is 5.02 Å². The number of hydrogen-bond donors (Lipinski definition) is 3. The van der Waals surface area contributed by atoms with Gasteiger partial charge in [-0.05, 0) is 35.9 Å². The van der Waals surface area contributed by atoms with Crippen LogP contribution in [-0.4, -0.2) is 54.1 Å². The number of methoxy groups -OCH3 is 1. The molecule has 1 saturated heterocycles. The number of nitrogens with one attached hydrogen (secondary N) is 2. The number of hydrogen-bond acceptors (Lipinski definition) is 6. The van der Waals surface area contributed by atoms with Gasteiger partial charge in [0.15, 0.2) is 18.1 Å². The molecule has 0 aromatic heterocycles. The lowest BCUT2D eigenvalue weighted by Crippen LogP contribution is -2.35. The Kier molecular flexibility index (Phi) is 6.96. The molecule has 0 spiro atoms. The van der Waals surface area contributed by atoms with E-state index in [1.54, 1.807) is 24.3 Å². The smallest absolute Gasteiger partial charge is 0.329 e. The van der Waals surface area contributed by atoms with Gasteiger partial charge in [-0.1, -0.05) is 29.8 Å². The number of halogens is 1. The number of para-hydroxylation sites is 1. The van der Waals surface area contributed by atoms with Gasteiger partial charge < -0.3 is 25.2 Å². The first kappa shape index (κ1) is 22.6. The first-order chi connectivity index (χ1) is 15.3. The standard InChI is InChI=1S/C21H18ClN3O7/c1-31-16-9-12(8-15-20(29)25(10-18(27)28)21(30)24-15)7-14(22)19(16)32-11-17(26)23-13-5-3-2-4-6-13/h2-9H,10-11H2,1H3,(H,23,26)(H,24,30)(H,27,28)/b15-8+. The molecule has 11 heteroatoms. The van der Waals surface area contributed by atoms with Crippen molar-refractivity contribution in [3.05, 3.63) is 58.7 Å². The van der Waals surface area contributed by atoms with E-state index in [9.17, 15) is 19.2 Å². The number of benzene rings is 2. The molecule has 0 atom stereocenters. The first-order valence-electron chi connectivity index (χ1n) is 9.20. The van der Waals surface area contributed by atoms with Crippen LogP contribution in [0.5, 0.6) is 11.5 Å². The molecule has 3 rings (SSSR count). The van der Waals surface area contributed by atoms with E-state index in [-0.39, 0.29) is 28.8 Å². The number of amides is 4. The van der Waals surface area contributed by atoms with Crippen molar-refractivity contribution in [1.29, 1.82) is 0 Å². The number of nitrogens with zero attached hydrogens (tertiary/aromatic N) is 1. The molecule has 2 aromatic rings. The van der Waals surface area contributed by atoms with E-state index >= 15 is 0 Å². The highest BCUT2D eigenvalue weighted by Crippen LogP contribution is 2.37. The fraction of sp³-hybridized carbons (Fsp3) is 0.143. The van der Waals surface area contributed by atoms with Crippen molar-refractivity contribution in [2.45, 2.75) is 0 Å². The summed E-state index contributed by atoms with van der Waals surface area (Å²) in [7, 11) is 1.37. The summed E-state index contributed by atoms with van der Waals surface area (Å²) < 4.78 is 10.8. The van der Waals surface area contributed by atoms with Gasteiger partial charge >= 0.3 is 12.0 Å². The van der Waals surface area contributed by atoms with Crippen molar-refractivity contribution < 1.29 is 33.8 Å². The summed E-state index contributed by atoms with van der Waals surface area (Å²) in [6.07, 6.45) is 1.32. The summed E-state index contributed by atoms with van der Waals surface area (Å²) in [5.74, 6) is -2.20. The molecule has 4 amide bonds. The molecule has 0 saturated carbocycles. The molecular weight excluding hydrogens is 442 g/mol. The number of carboxylic acid groups (broad SMARTS) is 1. The second-order valence-electron chi connectivity index (χ2n) is 6.51. The lowest BCUT2D eigenvalue weighted by atomic mass is 10.1. The zero-order valence-corrected chi connectivity index (χ0v) is 17.5. The van der Waals surface area contributed by atoms with Crippen LogP contribution in [0.3, 0.4) is 0 Å². The summed E-state index contributed by atoms with van der Waals surface area (Å²) in [6, 6.07) is 10.9. The van der Waals surface area contributed by atoms with Gasteiger partial charge in [-0.3, -0.25) is 14.4 Å². The van der Waals surface area contributed by atoms with Crippen LogP contribution < -0.4 is 20.1 Å². The Morgan fingerprint density at radius 3 is 2.59 bits per heavy atom. The Morgan fingerprint density at radius 2 is 1.94 bits per heavy atom. The predicted octanol–water partition coefficient (Wildman–Crippen LogP) is 2.34. The molecule has 3 N–H and O–H groups in total. The van der Waals surface area contributed by atoms with Gasteiger partial charge in [0, 0.05) is 5.69 Å². The van der Waals surface area contributed by atoms with E-state index in [1.807, 2.05) is 6.07 Å². The van der Waals surface area contributed by atoms with Crippen LogP contribution in [0.15, 0.2) is 48.2 Å². The van der Waals surface area contributed by atoms with Gasteiger partial charge in [0.05, 0.1) is 12.1 Å². The van der Waals surface area contributed by atoms with Crippen LogP contribution in [0.25, 0.3) is 6.08 Å². The van der Waals surface area contributed by atoms with Crippen molar-refractivity contribution in [3.8, 4) is 11.5 Å². The van der Waals surface area contributed by atoms with E-state index in [4.69, 9.17) is 26.2 Å². The lowest BCUT2D eigenvalue weighted by molar-refractivity contribution is -0.140. The number of imide groups is 1. The molecule has 0 unspecified atom stereocenters. The zero-order valence-electron chi connectivity index (χ0n) is 16.8. The maximum Gasteiger partial charge on any atom is 0.329 e. The minimum atomic E-state index is -1.32. The summed E-state index contributed by atoms with van der Waals surface area (Å²) in [5.41, 5.74) is 0.875. The van der Waals surface area contributed by atoms with Gasteiger partial charge in [0.25, 0.3) is 11.8 Å². The van der Waals surface area contributed by atoms with E-state index < -0.39 is 30.4 Å². The van der Waals surface area contributed by atoms with Crippen LogP contribution in [-0.2, 0) is 14.4 Å². The topological polar surface area (TPSA) is 134 Å². The third-order valence-electron chi connectivity index (χ3n) is 4.22. The van der Waals surface area contributed by atoms with Gasteiger partial charge in [-0.15, -0.1) is 0 Å². The highest BCUT2D eigenvalue weighted by Gasteiger charge is 2.35. The molecular formula is C21H18ClN3O7. The van der Waals surface area contributed by atoms with Gasteiger partial charge in [-0.2, -0.15) is 0 Å². The molecule has 10 nitrogen and oxygen atoms in total. The Hall–Kier alpha value is -4.05. The average molecular weight is 460 g/mol. The van der Waals surface area contributed by atoms with Crippen molar-refractivity contribution in [1.82, 2.24) is 10.2 Å². The molecule has 1 aliphatic heterocycles. The highest BCUT2D eigenvalue weighted by molar-refractivity contribution is 6.32. The lowest BCUT2D eigenvalue weighted by Gasteiger charge is -2.13. The molecule has 0 aliphatic carbocycles. The van der Waals surface area contributed by atoms with Gasteiger partial charge in [0.2, 0.25) is 0 Å². The highest BCUT2D eigenvalue weighted by atomic mass is 35.5. The van der Waals surface area contributed by atoms with Crippen molar-refractivity contribution >= 4 is 47.2 Å². The molecule has 1 heterocycles. The Labute approximate surface area is 187 Å². The summed E-state index contributed by atoms with van der Waals surface area (Å²) in [5, 5.41) is 13.9. The number of rotatable bonds is 8. The molecule has 0 radical (unpaired) electrons. The summed E-state index contributed by atoms with van der Waals surface area (Å²) in [6.45, 7) is -1.09. The van der Waals surface area contributed by atoms with Gasteiger partial charge in [0.1, 0.15) is 12.2 Å². The number of carboxylic acids is 1. The van der Waals surface area contributed by atoms with Crippen LogP contribution >= 0.6 is 11.6 Å². The van der Waals surface area contributed by atoms with Gasteiger partial charge in [-0.25, -0.2) is 9.69 Å². The maximum atomic E-state index is 12.3. The SMILES string of the molecule is COc1cc(/C=C2/NC(=O)N(CC(=O)O)C2=O)cc(Cl)c1OCC(=O)Nc1ccccc1. The third kappa shape index (κ3) is 5.35. The first-order valence-corrected chi connectivity index (χ1v) is 9.58. The van der Waals surface area contributed by atoms with E-state index in [0.717, 1.165) is 0 Å². The number of ether oxygens (including phenoxy) is 2. The van der Waals surface area contributed by atoms with Crippen LogP contribution in [0.4, 0.5) is 10.5 Å². The van der Waals surface area contributed by atoms with Crippen LogP contribution in [0.1, 0.15) is 5.56 Å². The van der Waals surface area contributed by atoms with Crippen molar-refractivity contribution in [2.24, 2.45) is 0 Å². The fourth-order valence-corrected chi connectivity index (χ4v) is 3.11. The Bertz CT molecular complexity index is 1100. The Morgan fingerprint density at radius 1 is 1.22 bits per heavy atom. The normalized spacial score (nSPS) is 14.3. The quantitative estimate of drug-likeness (QED) is 0.407. The summed E-state index contributed by atoms with van der Waals surface area (Å²) in [4.78, 5) is 47.6. The summed E-state index contributed by atoms with van der Waals surface area (Å²) >= 11 is 6.28. The van der Waals surface area contributed by atoms with Crippen LogP contribution in [0, 0.1) is 0 Å². The predicted molar refractivity (Wildman–Crippen MR) is 114 cm³/mol. The number of carbonyl (C=O) groups excluding carboxylic acids is 3. The van der Waals surface area contributed by atoms with Crippen molar-refractivity contribution in [2.75, 3.05) is 25.6 Å². The zero-order chi connectivity index (χ0) is 23.3. The number of urea groups is 1. The second kappa shape index (κ2) is 9.84. The van der Waals surface area contributed by atoms with E-state index in [2.05, 4.69) is 10.6 Å². The number of carbonyl (C=O) groups is 4. The molecule has 0 bridgehead atoms. The van der Waals surface area contributed by atoms with Crippen molar-refractivity contribution in [3.63, 3.8) is 0 Å². The van der Waals surface area contributed by atoms with E-state index in [0.29, 0.717) is 16.2 Å². The molecule has 32 heavy (non-hydrogen) atoms. The minimum absolute atomic E-state index is 0.0999. The molecule has 1 aliphatic rings. The minimum Gasteiger partial charge on any atom is -0.493 e. The monoisotopic (exact) mass is 459 g/mol. The second-order valence-corrected chi connectivity index (χ2v) is 6.92. The number of anilines is 1. The Balaban J connectivity index is 1.74. The fourth-order valence-electron chi connectivity index (χ4n) is 2.84. The third-order valence-corrected chi connectivity index (χ3v) is 4.50. The molecule has 166 valence electrons. The number of aliphatic carboxylic acids is 1. The largest absolute Gasteiger partial charge is 0.493 e. The molecule has 1 fully saturated rings.